The second-order valence-electron chi connectivity index (χ2n) is 6.45. The summed E-state index contributed by atoms with van der Waals surface area (Å²) in [4.78, 5) is 15.9. The number of amides is 1. The van der Waals surface area contributed by atoms with Crippen molar-refractivity contribution in [3.63, 3.8) is 0 Å². The van der Waals surface area contributed by atoms with E-state index >= 15 is 0 Å². The topological polar surface area (TPSA) is 77.2 Å². The molecule has 0 radical (unpaired) electrons. The molecule has 0 aliphatic heterocycles. The molecule has 1 N–H and O–H groups in total. The smallest absolute Gasteiger partial charge is 0.412 e. The van der Waals surface area contributed by atoms with Crippen molar-refractivity contribution in [2.24, 2.45) is 0 Å². The van der Waals surface area contributed by atoms with E-state index in [9.17, 15) is 18.0 Å². The summed E-state index contributed by atoms with van der Waals surface area (Å²) in [6, 6.07) is 7.16. The summed E-state index contributed by atoms with van der Waals surface area (Å²) in [6.45, 7) is 3.90. The maximum atomic E-state index is 13.4. The number of alkyl halides is 3. The Hall–Kier alpha value is -3.36. The fourth-order valence-corrected chi connectivity index (χ4v) is 2.55. The van der Waals surface area contributed by atoms with Crippen molar-refractivity contribution in [2.75, 3.05) is 0 Å². The summed E-state index contributed by atoms with van der Waals surface area (Å²) < 4.78 is 50.6. The number of carbonyl (C=O) groups excluding carboxylic acids is 1. The lowest BCUT2D eigenvalue weighted by molar-refractivity contribution is -0.155. The zero-order valence-electron chi connectivity index (χ0n) is 15.7. The molecule has 1 aromatic carbocycles. The molecular weight excluding hydrogens is 387 g/mol. The van der Waals surface area contributed by atoms with Gasteiger partial charge in [0, 0.05) is 24.0 Å². The molecule has 29 heavy (non-hydrogen) atoms. The molecule has 6 nitrogen and oxygen atoms in total. The molecule has 1 atom stereocenters. The average Bonchev–Trinajstić information content (AvgIpc) is 3.16. The highest BCUT2D eigenvalue weighted by Gasteiger charge is 2.42. The van der Waals surface area contributed by atoms with Crippen LogP contribution in [0.25, 0.3) is 0 Å². The number of aromatic nitrogens is 2. The highest BCUT2D eigenvalue weighted by Crippen LogP contribution is 2.32. The van der Waals surface area contributed by atoms with Crippen LogP contribution in [0.15, 0.2) is 53.3 Å². The van der Waals surface area contributed by atoms with Crippen molar-refractivity contribution in [3.8, 4) is 5.75 Å². The van der Waals surface area contributed by atoms with Crippen LogP contribution in [0.2, 0.25) is 0 Å². The molecule has 3 aromatic rings. The van der Waals surface area contributed by atoms with E-state index in [4.69, 9.17) is 9.26 Å². The molecule has 152 valence electrons. The lowest BCUT2D eigenvalue weighted by atomic mass is 10.1. The van der Waals surface area contributed by atoms with Crippen molar-refractivity contribution in [1.29, 1.82) is 0 Å². The van der Waals surface area contributed by atoms with Gasteiger partial charge in [0.1, 0.15) is 12.4 Å². The van der Waals surface area contributed by atoms with E-state index in [1.807, 2.05) is 31.3 Å². The van der Waals surface area contributed by atoms with Crippen LogP contribution >= 0.6 is 0 Å². The summed E-state index contributed by atoms with van der Waals surface area (Å²) in [7, 11) is 0. The van der Waals surface area contributed by atoms with E-state index in [2.05, 4.69) is 10.1 Å². The molecule has 1 amide bonds. The molecule has 0 spiro atoms. The van der Waals surface area contributed by atoms with Gasteiger partial charge >= 0.3 is 6.18 Å². The number of nitrogens with one attached hydrogen (secondary N) is 1. The molecular formula is C20H18F3N3O3. The number of halogens is 3. The molecule has 0 saturated carbocycles. The maximum Gasteiger partial charge on any atom is 0.412 e. The molecule has 9 heteroatoms. The Morgan fingerprint density at radius 2 is 2.00 bits per heavy atom. The van der Waals surface area contributed by atoms with Gasteiger partial charge < -0.3 is 14.6 Å². The Balaban J connectivity index is 1.67. The predicted molar refractivity (Wildman–Crippen MR) is 97.3 cm³/mol. The Morgan fingerprint density at radius 3 is 2.66 bits per heavy atom. The summed E-state index contributed by atoms with van der Waals surface area (Å²) >= 11 is 0. The second kappa shape index (κ2) is 8.34. The van der Waals surface area contributed by atoms with E-state index < -0.39 is 18.1 Å². The minimum atomic E-state index is -4.70. The summed E-state index contributed by atoms with van der Waals surface area (Å²) in [5.41, 5.74) is 1.70. The minimum absolute atomic E-state index is 0.0198. The number of nitrogens with zero attached hydrogens (tertiary/aromatic N) is 2. The number of hydrogen-bond acceptors (Lipinski definition) is 5. The number of aryl methyl sites for hydroxylation is 2. The van der Waals surface area contributed by atoms with Gasteiger partial charge in [0.25, 0.3) is 5.91 Å². The Morgan fingerprint density at radius 1 is 1.21 bits per heavy atom. The van der Waals surface area contributed by atoms with Crippen molar-refractivity contribution in [3.05, 3.63) is 76.9 Å². The Labute approximate surface area is 164 Å². The van der Waals surface area contributed by atoms with Gasteiger partial charge in [0.15, 0.2) is 17.5 Å². The number of carbonyl (C=O) groups is 1. The van der Waals surface area contributed by atoms with Gasteiger partial charge in [-0.1, -0.05) is 17.3 Å². The number of rotatable bonds is 6. The Bertz CT molecular complexity index is 987. The summed E-state index contributed by atoms with van der Waals surface area (Å²) in [5.74, 6) is -0.208. The SMILES string of the molecule is Cc1ccc(OCc2cc(C(=O)N[C@@H](c3cccnc3)C(F)(F)F)no2)cc1C. The van der Waals surface area contributed by atoms with E-state index in [1.165, 1.54) is 24.4 Å². The van der Waals surface area contributed by atoms with Crippen LogP contribution < -0.4 is 10.1 Å². The quantitative estimate of drug-likeness (QED) is 0.662. The summed E-state index contributed by atoms with van der Waals surface area (Å²) in [5, 5.41) is 5.46. The number of benzene rings is 1. The van der Waals surface area contributed by atoms with Crippen LogP contribution in [0, 0.1) is 13.8 Å². The standard InChI is InChI=1S/C20H18F3N3O3/c1-12-5-6-15(8-13(12)2)28-11-16-9-17(26-29-16)19(27)25-18(20(21,22)23)14-4-3-7-24-10-14/h3-10,18H,11H2,1-2H3,(H,25,27)/t18-/m0/s1. The molecule has 0 saturated heterocycles. The first-order valence-electron chi connectivity index (χ1n) is 8.67. The third kappa shape index (κ3) is 5.13. The third-order valence-electron chi connectivity index (χ3n) is 4.27. The van der Waals surface area contributed by atoms with Crippen molar-refractivity contribution < 1.29 is 27.2 Å². The fourth-order valence-electron chi connectivity index (χ4n) is 2.55. The zero-order valence-corrected chi connectivity index (χ0v) is 15.7. The molecule has 0 unspecified atom stereocenters. The van der Waals surface area contributed by atoms with Crippen LogP contribution in [-0.4, -0.2) is 22.2 Å². The Kier molecular flexibility index (Phi) is 5.86. The lowest BCUT2D eigenvalue weighted by Crippen LogP contribution is -2.38. The molecule has 0 fully saturated rings. The van der Waals surface area contributed by atoms with Gasteiger partial charge in [0.2, 0.25) is 0 Å². The average molecular weight is 405 g/mol. The van der Waals surface area contributed by atoms with Gasteiger partial charge in [0.05, 0.1) is 0 Å². The second-order valence-corrected chi connectivity index (χ2v) is 6.45. The van der Waals surface area contributed by atoms with Crippen molar-refractivity contribution >= 4 is 5.91 Å². The van der Waals surface area contributed by atoms with Gasteiger partial charge in [-0.05, 0) is 43.2 Å². The third-order valence-corrected chi connectivity index (χ3v) is 4.27. The number of hydrogen-bond donors (Lipinski definition) is 1. The maximum absolute atomic E-state index is 13.4. The van der Waals surface area contributed by atoms with Gasteiger partial charge in [-0.2, -0.15) is 13.2 Å². The van der Waals surface area contributed by atoms with Crippen LogP contribution in [0.4, 0.5) is 13.2 Å². The highest BCUT2D eigenvalue weighted by molar-refractivity contribution is 5.92. The van der Waals surface area contributed by atoms with Crippen molar-refractivity contribution in [1.82, 2.24) is 15.5 Å². The molecule has 2 aromatic heterocycles. The van der Waals surface area contributed by atoms with Gasteiger partial charge in [-0.25, -0.2) is 0 Å². The van der Waals surface area contributed by atoms with Crippen molar-refractivity contribution in [2.45, 2.75) is 32.7 Å². The van der Waals surface area contributed by atoms with Crippen LogP contribution in [0.1, 0.15) is 39.0 Å². The van der Waals surface area contributed by atoms with E-state index in [0.29, 0.717) is 5.75 Å². The molecule has 0 bridgehead atoms. The first-order valence-corrected chi connectivity index (χ1v) is 8.67. The highest BCUT2D eigenvalue weighted by atomic mass is 19.4. The summed E-state index contributed by atoms with van der Waals surface area (Å²) in [6.07, 6.45) is -2.31. The molecule has 0 aliphatic rings. The van der Waals surface area contributed by atoms with E-state index in [1.54, 1.807) is 6.07 Å². The fraction of sp³-hybridized carbons (Fsp3) is 0.250. The predicted octanol–water partition coefficient (Wildman–Crippen LogP) is 4.30. The number of pyridine rings is 1. The van der Waals surface area contributed by atoms with Crippen LogP contribution in [-0.2, 0) is 6.61 Å². The monoisotopic (exact) mass is 405 g/mol. The molecule has 0 aliphatic carbocycles. The minimum Gasteiger partial charge on any atom is -0.486 e. The number of ether oxygens (including phenoxy) is 1. The van der Waals surface area contributed by atoms with Gasteiger partial charge in [-0.3, -0.25) is 9.78 Å². The normalized spacial score (nSPS) is 12.4. The van der Waals surface area contributed by atoms with E-state index in [0.717, 1.165) is 17.3 Å². The lowest BCUT2D eigenvalue weighted by Gasteiger charge is -2.21. The van der Waals surface area contributed by atoms with E-state index in [-0.39, 0.29) is 23.6 Å². The van der Waals surface area contributed by atoms with Crippen LogP contribution in [0.3, 0.4) is 0 Å². The first kappa shape index (κ1) is 20.4. The molecule has 3 rings (SSSR count). The first-order chi connectivity index (χ1) is 13.7. The molecule has 2 heterocycles. The van der Waals surface area contributed by atoms with Crippen LogP contribution in [0.5, 0.6) is 5.75 Å². The largest absolute Gasteiger partial charge is 0.486 e. The zero-order chi connectivity index (χ0) is 21.0. The van der Waals surface area contributed by atoms with Gasteiger partial charge in [-0.15, -0.1) is 0 Å².